The van der Waals surface area contributed by atoms with Crippen molar-refractivity contribution in [1.82, 2.24) is 4.98 Å². The summed E-state index contributed by atoms with van der Waals surface area (Å²) in [6.07, 6.45) is 1.79. The maximum atomic E-state index is 8.23. The van der Waals surface area contributed by atoms with E-state index in [0.29, 0.717) is 17.0 Å². The molecule has 1 aromatic carbocycles. The lowest BCUT2D eigenvalue weighted by atomic mass is 10.00. The molecule has 138 valence electrons. The predicted molar refractivity (Wildman–Crippen MR) is 111 cm³/mol. The van der Waals surface area contributed by atoms with E-state index in [1.54, 1.807) is 6.07 Å². The van der Waals surface area contributed by atoms with Crippen molar-refractivity contribution in [2.24, 2.45) is 12.9 Å². The summed E-state index contributed by atoms with van der Waals surface area (Å²) in [7, 11) is 1.87. The van der Waals surface area contributed by atoms with Crippen molar-refractivity contribution >= 4 is 22.1 Å². The Kier molecular flexibility index (Phi) is 2.83. The Hall–Kier alpha value is -2.68. The minimum Gasteiger partial charge on any atom is -0.437 e. The zero-order chi connectivity index (χ0) is 25.1. The maximum absolute atomic E-state index is 8.23. The number of benzene rings is 1. The van der Waals surface area contributed by atoms with Crippen molar-refractivity contribution in [2.45, 2.75) is 40.4 Å². The fourth-order valence-electron chi connectivity index (χ4n) is 3.57. The normalized spacial score (nSPS) is 18.7. The van der Waals surface area contributed by atoms with Crippen LogP contribution in [-0.2, 0) is 19.9 Å². The van der Waals surface area contributed by atoms with Gasteiger partial charge in [0.1, 0.15) is 7.05 Å². The highest BCUT2D eigenvalue weighted by atomic mass is 16.3. The second kappa shape index (κ2) is 6.80. The molecule has 0 bridgehead atoms. The van der Waals surface area contributed by atoms with Gasteiger partial charge in [-0.3, -0.25) is 0 Å². The SMILES string of the molecule is [2H]C([2H])([2H])Cc1ccc(-c2c(C)ccc3c2oc2nc(CC([2H])(C)C([2H])([2H])[2H])ccc23)[n+](C)c1. The molecule has 27 heavy (non-hydrogen) atoms. The quantitative estimate of drug-likeness (QED) is 0.444. The van der Waals surface area contributed by atoms with Crippen LogP contribution in [0.25, 0.3) is 33.3 Å². The summed E-state index contributed by atoms with van der Waals surface area (Å²) in [6.45, 7) is -1.09. The highest BCUT2D eigenvalue weighted by Gasteiger charge is 2.21. The maximum Gasteiger partial charge on any atom is 0.227 e. The summed E-state index contributed by atoms with van der Waals surface area (Å²) in [6, 6.07) is 11.3. The van der Waals surface area contributed by atoms with Crippen LogP contribution in [-0.4, -0.2) is 4.98 Å². The van der Waals surface area contributed by atoms with Gasteiger partial charge in [0.2, 0.25) is 11.4 Å². The summed E-state index contributed by atoms with van der Waals surface area (Å²) in [4.78, 5) is 4.55. The van der Waals surface area contributed by atoms with Gasteiger partial charge in [-0.05, 0) is 49.4 Å². The molecule has 0 spiro atoms. The molecule has 0 saturated carbocycles. The van der Waals surface area contributed by atoms with Crippen molar-refractivity contribution < 1.29 is 18.6 Å². The largest absolute Gasteiger partial charge is 0.437 e. The Morgan fingerprint density at radius 2 is 2.04 bits per heavy atom. The van der Waals surface area contributed by atoms with Crippen molar-refractivity contribution in [3.63, 3.8) is 0 Å². The van der Waals surface area contributed by atoms with E-state index in [2.05, 4.69) is 4.98 Å². The first-order valence-electron chi connectivity index (χ1n) is 12.5. The number of pyridine rings is 2. The molecule has 3 heteroatoms. The minimum atomic E-state index is -2.43. The molecule has 1 unspecified atom stereocenters. The monoisotopic (exact) mass is 366 g/mol. The van der Waals surface area contributed by atoms with E-state index in [9.17, 15) is 0 Å². The van der Waals surface area contributed by atoms with Gasteiger partial charge in [0.05, 0.1) is 5.56 Å². The van der Waals surface area contributed by atoms with E-state index in [0.717, 1.165) is 33.2 Å². The zero-order valence-corrected chi connectivity index (χ0v) is 15.8. The second-order valence-corrected chi connectivity index (χ2v) is 7.06. The summed E-state index contributed by atoms with van der Waals surface area (Å²) >= 11 is 0. The van der Waals surface area contributed by atoms with Gasteiger partial charge in [-0.15, -0.1) is 0 Å². The predicted octanol–water partition coefficient (Wildman–Crippen LogP) is 5.54. The number of nitrogens with zero attached hydrogens (tertiary/aromatic N) is 2. The molecule has 3 aromatic heterocycles. The third-order valence-corrected chi connectivity index (χ3v) is 4.87. The summed E-state index contributed by atoms with van der Waals surface area (Å²) in [5.74, 6) is -1.66. The van der Waals surface area contributed by atoms with Crippen molar-refractivity contribution in [3.05, 3.63) is 59.4 Å². The Bertz CT molecular complexity index is 1380. The molecule has 0 fully saturated rings. The molecule has 0 radical (unpaired) electrons. The molecule has 3 heterocycles. The van der Waals surface area contributed by atoms with E-state index in [1.165, 1.54) is 6.92 Å². The number of aryl methyl sites for hydroxylation is 3. The van der Waals surface area contributed by atoms with Gasteiger partial charge in [-0.25, -0.2) is 9.55 Å². The molecule has 0 amide bonds. The van der Waals surface area contributed by atoms with Crippen LogP contribution in [0.2, 0.25) is 0 Å². The smallest absolute Gasteiger partial charge is 0.227 e. The lowest BCUT2D eigenvalue weighted by Crippen LogP contribution is -2.31. The standard InChI is InChI=1S/C24H27N2O/c1-6-17-8-12-21(26(5)14-17)22-16(4)7-10-19-20-11-9-18(13-15(2)3)25-24(20)27-23(19)22/h7-12,14-15H,6,13H2,1-5H3/q+1/i1D3,2D3,15D. The first kappa shape index (κ1) is 11.2. The highest BCUT2D eigenvalue weighted by Crippen LogP contribution is 2.36. The van der Waals surface area contributed by atoms with Crippen molar-refractivity contribution in [3.8, 4) is 11.3 Å². The molecule has 3 nitrogen and oxygen atoms in total. The molecule has 4 rings (SSSR count). The number of hydrogen-bond acceptors (Lipinski definition) is 2. The summed E-state index contributed by atoms with van der Waals surface area (Å²) in [5.41, 5.74) is 5.00. The molecular weight excluding hydrogens is 332 g/mol. The molecule has 0 saturated heterocycles. The Balaban J connectivity index is 1.82. The highest BCUT2D eigenvalue weighted by molar-refractivity contribution is 6.08. The fraction of sp³-hybridized carbons (Fsp3) is 0.333. The molecule has 1 atom stereocenters. The van der Waals surface area contributed by atoms with Crippen LogP contribution in [0.1, 0.15) is 47.0 Å². The fourth-order valence-corrected chi connectivity index (χ4v) is 3.57. The molecule has 0 aliphatic rings. The number of hydrogen-bond donors (Lipinski definition) is 0. The van der Waals surface area contributed by atoms with Crippen LogP contribution in [0.15, 0.2) is 47.0 Å². The molecule has 0 N–H and O–H groups in total. The topological polar surface area (TPSA) is 29.9 Å². The zero-order valence-electron chi connectivity index (χ0n) is 22.8. The average molecular weight is 367 g/mol. The first-order chi connectivity index (χ1) is 15.7. The summed E-state index contributed by atoms with van der Waals surface area (Å²) in [5, 5.41) is 1.69. The van der Waals surface area contributed by atoms with E-state index in [1.807, 2.05) is 55.1 Å². The van der Waals surface area contributed by atoms with Gasteiger partial charge < -0.3 is 4.42 Å². The Morgan fingerprint density at radius 3 is 2.81 bits per heavy atom. The first-order valence-corrected chi connectivity index (χ1v) is 8.97. The third-order valence-electron chi connectivity index (χ3n) is 4.87. The minimum absolute atomic E-state index is 0.00714. The van der Waals surface area contributed by atoms with Crippen molar-refractivity contribution in [2.75, 3.05) is 0 Å². The average Bonchev–Trinajstić information content (AvgIpc) is 3.04. The lowest BCUT2D eigenvalue weighted by molar-refractivity contribution is -0.660. The number of furan rings is 1. The van der Waals surface area contributed by atoms with Crippen LogP contribution in [0.5, 0.6) is 0 Å². The van der Waals surface area contributed by atoms with Gasteiger partial charge in [0, 0.05) is 37.7 Å². The van der Waals surface area contributed by atoms with E-state index in [4.69, 9.17) is 14.0 Å². The van der Waals surface area contributed by atoms with Crippen LogP contribution in [0.4, 0.5) is 0 Å². The van der Waals surface area contributed by atoms with Crippen molar-refractivity contribution in [1.29, 1.82) is 0 Å². The Morgan fingerprint density at radius 1 is 1.19 bits per heavy atom. The number of rotatable bonds is 4. The molecular formula is C24H27N2O+. The van der Waals surface area contributed by atoms with E-state index < -0.39 is 19.6 Å². The number of fused-ring (bicyclic) bond motifs is 3. The van der Waals surface area contributed by atoms with Gasteiger partial charge in [-0.1, -0.05) is 32.8 Å². The van der Waals surface area contributed by atoms with E-state index >= 15 is 0 Å². The number of aromatic nitrogens is 2. The Labute approximate surface area is 170 Å². The van der Waals surface area contributed by atoms with Crippen LogP contribution >= 0.6 is 0 Å². The molecule has 0 aliphatic carbocycles. The van der Waals surface area contributed by atoms with E-state index in [-0.39, 0.29) is 12.8 Å². The molecule has 4 aromatic rings. The van der Waals surface area contributed by atoms with Gasteiger partial charge in [-0.2, -0.15) is 0 Å². The van der Waals surface area contributed by atoms with Crippen LogP contribution < -0.4 is 4.57 Å². The van der Waals surface area contributed by atoms with Crippen LogP contribution in [0.3, 0.4) is 0 Å². The van der Waals surface area contributed by atoms with Crippen LogP contribution in [0, 0.1) is 12.8 Å². The lowest BCUT2D eigenvalue weighted by Gasteiger charge is -2.06. The van der Waals surface area contributed by atoms with Gasteiger partial charge in [0.25, 0.3) is 0 Å². The molecule has 0 aliphatic heterocycles. The third kappa shape index (κ3) is 3.12. The van der Waals surface area contributed by atoms with Gasteiger partial charge in [0.15, 0.2) is 11.8 Å². The second-order valence-electron chi connectivity index (χ2n) is 7.06. The summed E-state index contributed by atoms with van der Waals surface area (Å²) < 4.78 is 61.8. The van der Waals surface area contributed by atoms with Gasteiger partial charge >= 0.3 is 0 Å².